The normalized spacial score (nSPS) is 29.9. The van der Waals surface area contributed by atoms with Gasteiger partial charge >= 0.3 is 0 Å². The Hall–Kier alpha value is -1.05. The van der Waals surface area contributed by atoms with Crippen molar-refractivity contribution in [2.24, 2.45) is 5.92 Å². The van der Waals surface area contributed by atoms with Crippen molar-refractivity contribution in [1.29, 1.82) is 0 Å². The van der Waals surface area contributed by atoms with E-state index in [4.69, 9.17) is 6.42 Å². The molecule has 2 saturated heterocycles. The summed E-state index contributed by atoms with van der Waals surface area (Å²) in [6.45, 7) is 7.32. The second-order valence-electron chi connectivity index (χ2n) is 5.38. The summed E-state index contributed by atoms with van der Waals surface area (Å²) in [6, 6.07) is 0.468. The molecule has 0 saturated carbocycles. The lowest BCUT2D eigenvalue weighted by molar-refractivity contribution is -0.138. The molecule has 18 heavy (non-hydrogen) atoms. The zero-order valence-electron chi connectivity index (χ0n) is 11.2. The van der Waals surface area contributed by atoms with Gasteiger partial charge in [-0.15, -0.1) is 6.42 Å². The van der Waals surface area contributed by atoms with Crippen molar-refractivity contribution in [2.45, 2.75) is 25.8 Å². The molecule has 0 aromatic heterocycles. The first-order valence-electron chi connectivity index (χ1n) is 6.88. The van der Waals surface area contributed by atoms with Crippen molar-refractivity contribution in [3.63, 3.8) is 0 Å². The molecule has 0 aliphatic carbocycles. The quantitative estimate of drug-likeness (QED) is 0.708. The second-order valence-corrected chi connectivity index (χ2v) is 5.38. The van der Waals surface area contributed by atoms with Crippen LogP contribution in [0.3, 0.4) is 0 Å². The Bertz CT molecular complexity index is 328. The van der Waals surface area contributed by atoms with E-state index in [0.717, 1.165) is 45.6 Å². The van der Waals surface area contributed by atoms with Gasteiger partial charge in [0.05, 0.1) is 6.54 Å². The minimum atomic E-state index is 0.223. The van der Waals surface area contributed by atoms with E-state index in [0.29, 0.717) is 18.5 Å². The highest BCUT2D eigenvalue weighted by molar-refractivity contribution is 5.79. The minimum absolute atomic E-state index is 0.223. The van der Waals surface area contributed by atoms with Crippen LogP contribution in [0.2, 0.25) is 0 Å². The number of rotatable bonds is 2. The molecule has 2 rings (SSSR count). The summed E-state index contributed by atoms with van der Waals surface area (Å²) in [5, 5.41) is 3.39. The molecule has 2 unspecified atom stereocenters. The highest BCUT2D eigenvalue weighted by Gasteiger charge is 2.30. The van der Waals surface area contributed by atoms with Crippen molar-refractivity contribution in [3.8, 4) is 12.3 Å². The summed E-state index contributed by atoms with van der Waals surface area (Å²) in [6.07, 6.45) is 7.26. The molecule has 2 atom stereocenters. The van der Waals surface area contributed by atoms with Crippen LogP contribution in [-0.2, 0) is 4.79 Å². The largest absolute Gasteiger partial charge is 0.340 e. The predicted molar refractivity (Wildman–Crippen MR) is 72.0 cm³/mol. The molecule has 0 aromatic rings. The number of nitrogens with zero attached hydrogens (tertiary/aromatic N) is 2. The van der Waals surface area contributed by atoms with Crippen molar-refractivity contribution >= 4 is 5.91 Å². The lowest BCUT2D eigenvalue weighted by atomic mass is 9.92. The Kier molecular flexibility index (Phi) is 4.62. The third kappa shape index (κ3) is 3.24. The highest BCUT2D eigenvalue weighted by atomic mass is 16.2. The average Bonchev–Trinajstić information content (AvgIpc) is 2.39. The van der Waals surface area contributed by atoms with Crippen LogP contribution in [0.4, 0.5) is 0 Å². The lowest BCUT2D eigenvalue weighted by Gasteiger charge is -2.37. The molecule has 0 spiro atoms. The van der Waals surface area contributed by atoms with E-state index in [1.807, 2.05) is 4.90 Å². The van der Waals surface area contributed by atoms with E-state index >= 15 is 0 Å². The molecule has 2 aliphatic heterocycles. The predicted octanol–water partition coefficient (Wildman–Crippen LogP) is 0.152. The first kappa shape index (κ1) is 13.4. The van der Waals surface area contributed by atoms with Crippen LogP contribution < -0.4 is 5.32 Å². The first-order valence-corrected chi connectivity index (χ1v) is 6.88. The van der Waals surface area contributed by atoms with Gasteiger partial charge in [-0.2, -0.15) is 0 Å². The number of amides is 1. The van der Waals surface area contributed by atoms with E-state index < -0.39 is 0 Å². The van der Waals surface area contributed by atoms with Crippen LogP contribution in [-0.4, -0.2) is 61.0 Å². The van der Waals surface area contributed by atoms with Crippen molar-refractivity contribution in [1.82, 2.24) is 15.1 Å². The fraction of sp³-hybridized carbons (Fsp3) is 0.786. The molecule has 4 heteroatoms. The molecular formula is C14H23N3O. The third-order valence-electron chi connectivity index (χ3n) is 3.97. The number of carbonyl (C=O) groups excluding carboxylic acids is 1. The Labute approximate surface area is 110 Å². The maximum atomic E-state index is 12.4. The fourth-order valence-corrected chi connectivity index (χ4v) is 2.87. The monoisotopic (exact) mass is 249 g/mol. The number of piperidine rings is 1. The molecule has 0 aromatic carbocycles. The number of piperazine rings is 1. The van der Waals surface area contributed by atoms with Crippen LogP contribution >= 0.6 is 0 Å². The average molecular weight is 249 g/mol. The van der Waals surface area contributed by atoms with E-state index in [1.165, 1.54) is 0 Å². The molecule has 2 heterocycles. The van der Waals surface area contributed by atoms with Crippen molar-refractivity contribution < 1.29 is 4.79 Å². The van der Waals surface area contributed by atoms with Crippen molar-refractivity contribution in [3.05, 3.63) is 0 Å². The van der Waals surface area contributed by atoms with E-state index in [2.05, 4.69) is 23.1 Å². The van der Waals surface area contributed by atoms with Gasteiger partial charge in [0.25, 0.3) is 0 Å². The molecule has 1 amide bonds. The van der Waals surface area contributed by atoms with Gasteiger partial charge in [-0.25, -0.2) is 0 Å². The molecule has 2 aliphatic rings. The Balaban J connectivity index is 1.82. The standard InChI is InChI=1S/C14H23N3O/c1-3-6-16-7-9-17(10-8-16)14(18)13-4-5-15-12(2)11-13/h1,12-13,15H,4-11H2,2H3. The molecule has 1 N–H and O–H groups in total. The van der Waals surface area contributed by atoms with Gasteiger partial charge in [0.2, 0.25) is 5.91 Å². The van der Waals surface area contributed by atoms with Crippen LogP contribution in [0.25, 0.3) is 0 Å². The Morgan fingerprint density at radius 2 is 2.11 bits per heavy atom. The van der Waals surface area contributed by atoms with Gasteiger partial charge in [-0.05, 0) is 26.3 Å². The molecule has 0 radical (unpaired) electrons. The summed E-state index contributed by atoms with van der Waals surface area (Å²) < 4.78 is 0. The van der Waals surface area contributed by atoms with E-state index in [-0.39, 0.29) is 5.92 Å². The number of nitrogens with one attached hydrogen (secondary N) is 1. The van der Waals surface area contributed by atoms with Crippen molar-refractivity contribution in [2.75, 3.05) is 39.3 Å². The fourth-order valence-electron chi connectivity index (χ4n) is 2.87. The third-order valence-corrected chi connectivity index (χ3v) is 3.97. The van der Waals surface area contributed by atoms with Crippen LogP contribution in [0.15, 0.2) is 0 Å². The molecule has 0 bridgehead atoms. The maximum Gasteiger partial charge on any atom is 0.225 e. The summed E-state index contributed by atoms with van der Waals surface area (Å²) in [4.78, 5) is 16.7. The molecule has 2 fully saturated rings. The van der Waals surface area contributed by atoms with Crippen LogP contribution in [0.5, 0.6) is 0 Å². The molecule has 4 nitrogen and oxygen atoms in total. The summed E-state index contributed by atoms with van der Waals surface area (Å²) >= 11 is 0. The zero-order valence-corrected chi connectivity index (χ0v) is 11.2. The van der Waals surface area contributed by atoms with Gasteiger partial charge in [0.15, 0.2) is 0 Å². The van der Waals surface area contributed by atoms with Gasteiger partial charge in [0.1, 0.15) is 0 Å². The van der Waals surface area contributed by atoms with Crippen LogP contribution in [0, 0.1) is 18.3 Å². The number of terminal acetylenes is 1. The Morgan fingerprint density at radius 1 is 1.39 bits per heavy atom. The van der Waals surface area contributed by atoms with Gasteiger partial charge < -0.3 is 10.2 Å². The number of hydrogen-bond donors (Lipinski definition) is 1. The molecule has 100 valence electrons. The number of hydrogen-bond acceptors (Lipinski definition) is 3. The summed E-state index contributed by atoms with van der Waals surface area (Å²) in [5.41, 5.74) is 0. The van der Waals surface area contributed by atoms with E-state index in [9.17, 15) is 4.79 Å². The number of carbonyl (C=O) groups is 1. The maximum absolute atomic E-state index is 12.4. The van der Waals surface area contributed by atoms with Crippen LogP contribution in [0.1, 0.15) is 19.8 Å². The SMILES string of the molecule is C#CCN1CCN(C(=O)C2CCNC(C)C2)CC1. The minimum Gasteiger partial charge on any atom is -0.340 e. The second kappa shape index (κ2) is 6.21. The van der Waals surface area contributed by atoms with E-state index in [1.54, 1.807) is 0 Å². The smallest absolute Gasteiger partial charge is 0.225 e. The van der Waals surface area contributed by atoms with Gasteiger partial charge in [-0.1, -0.05) is 5.92 Å². The summed E-state index contributed by atoms with van der Waals surface area (Å²) in [5.74, 6) is 3.24. The summed E-state index contributed by atoms with van der Waals surface area (Å²) in [7, 11) is 0. The van der Waals surface area contributed by atoms with Gasteiger partial charge in [-0.3, -0.25) is 9.69 Å². The topological polar surface area (TPSA) is 35.6 Å². The molecular weight excluding hydrogens is 226 g/mol. The van der Waals surface area contributed by atoms with Gasteiger partial charge in [0, 0.05) is 38.1 Å². The Morgan fingerprint density at radius 3 is 2.72 bits per heavy atom. The first-order chi connectivity index (χ1) is 8.70. The zero-order chi connectivity index (χ0) is 13.0. The lowest BCUT2D eigenvalue weighted by Crippen LogP contribution is -2.52. The highest BCUT2D eigenvalue weighted by Crippen LogP contribution is 2.19.